The smallest absolute Gasteiger partial charge is 0.336 e. The minimum absolute atomic E-state index is 0.104. The Balaban J connectivity index is 2.23. The standard InChI is InChI=1S/C6H11N3OS/c1-2-3-7-6(10)9-4-5-11-8-9/h4-5,8H,2-3H2,1H3,(H,7,10). The van der Waals surface area contributed by atoms with Crippen LogP contribution in [0.2, 0.25) is 0 Å². The second-order valence-corrected chi connectivity index (χ2v) is 2.79. The van der Waals surface area contributed by atoms with E-state index in [1.807, 2.05) is 12.3 Å². The van der Waals surface area contributed by atoms with Crippen LogP contribution in [-0.4, -0.2) is 17.6 Å². The number of urea groups is 1. The van der Waals surface area contributed by atoms with Gasteiger partial charge in [-0.2, -0.15) is 4.83 Å². The van der Waals surface area contributed by atoms with Gasteiger partial charge in [0.15, 0.2) is 0 Å². The van der Waals surface area contributed by atoms with Crippen molar-refractivity contribution in [3.8, 4) is 0 Å². The Morgan fingerprint density at radius 2 is 2.64 bits per heavy atom. The van der Waals surface area contributed by atoms with Gasteiger partial charge >= 0.3 is 6.03 Å². The molecule has 0 fully saturated rings. The van der Waals surface area contributed by atoms with Gasteiger partial charge in [0.2, 0.25) is 0 Å². The predicted molar refractivity (Wildman–Crippen MR) is 45.4 cm³/mol. The molecule has 0 aromatic rings. The van der Waals surface area contributed by atoms with E-state index in [9.17, 15) is 4.79 Å². The van der Waals surface area contributed by atoms with Crippen LogP contribution < -0.4 is 10.1 Å². The second kappa shape index (κ2) is 4.25. The van der Waals surface area contributed by atoms with Gasteiger partial charge in [-0.1, -0.05) is 6.92 Å². The first-order valence-electron chi connectivity index (χ1n) is 3.49. The van der Waals surface area contributed by atoms with Crippen LogP contribution in [0.15, 0.2) is 11.6 Å². The summed E-state index contributed by atoms with van der Waals surface area (Å²) in [6, 6.07) is -0.104. The van der Waals surface area contributed by atoms with Crippen molar-refractivity contribution in [1.82, 2.24) is 15.2 Å². The third-order valence-electron chi connectivity index (χ3n) is 1.17. The predicted octanol–water partition coefficient (Wildman–Crippen LogP) is 1.05. The number of nitrogens with one attached hydrogen (secondary N) is 2. The molecule has 5 heteroatoms. The molecule has 0 saturated carbocycles. The lowest BCUT2D eigenvalue weighted by Crippen LogP contribution is -2.40. The summed E-state index contributed by atoms with van der Waals surface area (Å²) in [5.41, 5.74) is 0. The lowest BCUT2D eigenvalue weighted by Gasteiger charge is -2.12. The second-order valence-electron chi connectivity index (χ2n) is 2.10. The molecule has 4 nitrogen and oxygen atoms in total. The molecule has 2 amide bonds. The van der Waals surface area contributed by atoms with Crippen LogP contribution in [-0.2, 0) is 0 Å². The van der Waals surface area contributed by atoms with Crippen LogP contribution in [0.1, 0.15) is 13.3 Å². The number of carbonyl (C=O) groups is 1. The van der Waals surface area contributed by atoms with Gasteiger partial charge in [-0.05, 0) is 18.4 Å². The molecule has 0 saturated heterocycles. The van der Waals surface area contributed by atoms with Crippen molar-refractivity contribution >= 4 is 18.0 Å². The summed E-state index contributed by atoms with van der Waals surface area (Å²) in [6.07, 6.45) is 2.64. The van der Waals surface area contributed by atoms with Crippen LogP contribution in [0.5, 0.6) is 0 Å². The summed E-state index contributed by atoms with van der Waals surface area (Å²) in [5, 5.41) is 5.96. The Morgan fingerprint density at radius 3 is 3.18 bits per heavy atom. The molecule has 11 heavy (non-hydrogen) atoms. The molecular weight excluding hydrogens is 162 g/mol. The zero-order valence-electron chi connectivity index (χ0n) is 6.33. The number of hydrazine groups is 1. The number of nitrogens with zero attached hydrogens (tertiary/aromatic N) is 1. The van der Waals surface area contributed by atoms with Crippen LogP contribution in [0.25, 0.3) is 0 Å². The molecule has 0 atom stereocenters. The lowest BCUT2D eigenvalue weighted by atomic mass is 10.5. The zero-order chi connectivity index (χ0) is 8.10. The van der Waals surface area contributed by atoms with Gasteiger partial charge in [0.05, 0.1) is 0 Å². The van der Waals surface area contributed by atoms with Crippen molar-refractivity contribution in [2.75, 3.05) is 6.54 Å². The van der Waals surface area contributed by atoms with E-state index < -0.39 is 0 Å². The number of hydrogen-bond donors (Lipinski definition) is 2. The summed E-state index contributed by atoms with van der Waals surface area (Å²) >= 11 is 1.38. The highest BCUT2D eigenvalue weighted by atomic mass is 32.2. The van der Waals surface area contributed by atoms with E-state index in [1.54, 1.807) is 6.20 Å². The lowest BCUT2D eigenvalue weighted by molar-refractivity contribution is 0.212. The van der Waals surface area contributed by atoms with Crippen molar-refractivity contribution in [2.24, 2.45) is 0 Å². The SMILES string of the molecule is CCCNC(=O)N1C=CSN1. The van der Waals surface area contributed by atoms with E-state index in [0.717, 1.165) is 13.0 Å². The first kappa shape index (κ1) is 8.42. The molecule has 0 bridgehead atoms. The van der Waals surface area contributed by atoms with Gasteiger partial charge in [-0.15, -0.1) is 0 Å². The van der Waals surface area contributed by atoms with Crippen molar-refractivity contribution in [3.05, 3.63) is 11.6 Å². The fraction of sp³-hybridized carbons (Fsp3) is 0.500. The maximum atomic E-state index is 11.1. The zero-order valence-corrected chi connectivity index (χ0v) is 7.15. The maximum absolute atomic E-state index is 11.1. The van der Waals surface area contributed by atoms with Gasteiger partial charge in [0, 0.05) is 18.2 Å². The fourth-order valence-corrected chi connectivity index (χ4v) is 1.14. The molecule has 62 valence electrons. The summed E-state index contributed by atoms with van der Waals surface area (Å²) in [5.74, 6) is 0. The van der Waals surface area contributed by atoms with Crippen molar-refractivity contribution in [2.45, 2.75) is 13.3 Å². The minimum Gasteiger partial charge on any atom is -0.337 e. The molecule has 0 aromatic heterocycles. The molecule has 0 radical (unpaired) electrons. The van der Waals surface area contributed by atoms with Crippen molar-refractivity contribution in [3.63, 3.8) is 0 Å². The molecule has 1 rings (SSSR count). The van der Waals surface area contributed by atoms with Gasteiger partial charge in [-0.25, -0.2) is 9.80 Å². The molecule has 0 unspecified atom stereocenters. The van der Waals surface area contributed by atoms with Gasteiger partial charge < -0.3 is 5.32 Å². The number of carbonyl (C=O) groups excluding carboxylic acids is 1. The first-order valence-corrected chi connectivity index (χ1v) is 4.37. The van der Waals surface area contributed by atoms with Gasteiger partial charge in [0.25, 0.3) is 0 Å². The Kier molecular flexibility index (Phi) is 3.25. The number of rotatable bonds is 2. The Hall–Kier alpha value is -0.680. The molecule has 1 aliphatic heterocycles. The third kappa shape index (κ3) is 2.44. The molecule has 0 aliphatic carbocycles. The summed E-state index contributed by atoms with van der Waals surface area (Å²) in [7, 11) is 0. The van der Waals surface area contributed by atoms with E-state index in [-0.39, 0.29) is 6.03 Å². The van der Waals surface area contributed by atoms with Crippen molar-refractivity contribution in [1.29, 1.82) is 0 Å². The largest absolute Gasteiger partial charge is 0.337 e. The Bertz CT molecular complexity index is 171. The van der Waals surface area contributed by atoms with Crippen LogP contribution >= 0.6 is 11.9 Å². The molecule has 1 heterocycles. The van der Waals surface area contributed by atoms with E-state index in [2.05, 4.69) is 10.1 Å². The number of hydrogen-bond acceptors (Lipinski definition) is 3. The van der Waals surface area contributed by atoms with E-state index in [4.69, 9.17) is 0 Å². The van der Waals surface area contributed by atoms with Crippen LogP contribution in [0.4, 0.5) is 4.79 Å². The number of amides is 2. The Labute approximate surface area is 70.1 Å². The van der Waals surface area contributed by atoms with Crippen molar-refractivity contribution < 1.29 is 4.79 Å². The quantitative estimate of drug-likeness (QED) is 0.613. The highest BCUT2D eigenvalue weighted by Gasteiger charge is 2.11. The van der Waals surface area contributed by atoms with E-state index in [0.29, 0.717) is 0 Å². The molecule has 1 aliphatic rings. The van der Waals surface area contributed by atoms with Crippen LogP contribution in [0.3, 0.4) is 0 Å². The molecule has 0 spiro atoms. The topological polar surface area (TPSA) is 44.4 Å². The summed E-state index contributed by atoms with van der Waals surface area (Å²) < 4.78 is 0. The molecular formula is C6H11N3OS. The van der Waals surface area contributed by atoms with Crippen LogP contribution in [0, 0.1) is 0 Å². The highest BCUT2D eigenvalue weighted by Crippen LogP contribution is 2.07. The monoisotopic (exact) mass is 173 g/mol. The maximum Gasteiger partial charge on any atom is 0.336 e. The molecule has 0 aromatic carbocycles. The van der Waals surface area contributed by atoms with E-state index in [1.165, 1.54) is 17.0 Å². The fourth-order valence-electron chi connectivity index (χ4n) is 0.635. The molecule has 2 N–H and O–H groups in total. The highest BCUT2D eigenvalue weighted by molar-refractivity contribution is 8.00. The minimum atomic E-state index is -0.104. The van der Waals surface area contributed by atoms with Gasteiger partial charge in [-0.3, -0.25) is 0 Å². The van der Waals surface area contributed by atoms with Gasteiger partial charge in [0.1, 0.15) is 0 Å². The average Bonchev–Trinajstić information content (AvgIpc) is 2.52. The van der Waals surface area contributed by atoms with E-state index >= 15 is 0 Å². The third-order valence-corrected chi connectivity index (χ3v) is 1.73. The normalized spacial score (nSPS) is 15.5. The Morgan fingerprint density at radius 1 is 1.82 bits per heavy atom. The summed E-state index contributed by atoms with van der Waals surface area (Å²) in [4.78, 5) is 13.9. The first-order chi connectivity index (χ1) is 5.34. The average molecular weight is 173 g/mol. The summed E-state index contributed by atoms with van der Waals surface area (Å²) in [6.45, 7) is 2.73.